The first kappa shape index (κ1) is 29.7. The summed E-state index contributed by atoms with van der Waals surface area (Å²) in [6, 6.07) is 6.11. The van der Waals surface area contributed by atoms with Gasteiger partial charge in [-0.15, -0.1) is 0 Å². The standard InChI is InChI=1S/C29H28F5N7O2/c1-15(2)14-43-24-6-4-5-16(3)25(24)41-26(18-9-21(31)23(10-20(18)30)38-27(35)42)19-13-40(8-7-22(19)39-41)28-36-11-17(12-37-28)29(32,33)34/h4-6,9-12,15H,7-8,13-14H2,1-3H3,(H3,35,38,42). The van der Waals surface area contributed by atoms with Gasteiger partial charge in [0.2, 0.25) is 5.95 Å². The zero-order valence-electron chi connectivity index (χ0n) is 23.5. The number of amides is 2. The second kappa shape index (κ2) is 11.5. The number of hydrogen-bond donors (Lipinski definition) is 2. The van der Waals surface area contributed by atoms with Crippen molar-refractivity contribution in [3.8, 4) is 22.7 Å². The molecular weight excluding hydrogens is 573 g/mol. The van der Waals surface area contributed by atoms with Crippen LogP contribution in [-0.4, -0.2) is 38.9 Å². The average molecular weight is 602 g/mol. The molecule has 3 N–H and O–H groups in total. The van der Waals surface area contributed by atoms with Gasteiger partial charge < -0.3 is 20.7 Å². The predicted octanol–water partition coefficient (Wildman–Crippen LogP) is 6.02. The summed E-state index contributed by atoms with van der Waals surface area (Å²) >= 11 is 0. The van der Waals surface area contributed by atoms with Gasteiger partial charge in [-0.05, 0) is 30.5 Å². The minimum absolute atomic E-state index is 0.0434. The van der Waals surface area contributed by atoms with E-state index in [1.807, 2.05) is 32.9 Å². The lowest BCUT2D eigenvalue weighted by molar-refractivity contribution is -0.138. The third-order valence-corrected chi connectivity index (χ3v) is 6.84. The maximum Gasteiger partial charge on any atom is 0.419 e. The van der Waals surface area contributed by atoms with E-state index in [2.05, 4.69) is 15.3 Å². The van der Waals surface area contributed by atoms with E-state index in [0.717, 1.165) is 17.7 Å². The molecule has 2 aromatic heterocycles. The second-order valence-electron chi connectivity index (χ2n) is 10.6. The number of halogens is 5. The molecule has 0 bridgehead atoms. The Balaban J connectivity index is 1.67. The Hall–Kier alpha value is -4.75. The SMILES string of the molecule is Cc1cccc(OCC(C)C)c1-n1nc2c(c1-c1cc(F)c(NC(N)=O)cc1F)CN(c1ncc(C(F)(F)F)cn1)CC2. The number of para-hydroxylation sites is 1. The summed E-state index contributed by atoms with van der Waals surface area (Å²) in [4.78, 5) is 20.8. The fourth-order valence-electron chi connectivity index (χ4n) is 4.85. The van der Waals surface area contributed by atoms with Crippen molar-refractivity contribution in [2.24, 2.45) is 11.7 Å². The average Bonchev–Trinajstić information content (AvgIpc) is 3.31. The Morgan fingerprint density at radius 2 is 1.86 bits per heavy atom. The van der Waals surface area contributed by atoms with Crippen molar-refractivity contribution in [1.82, 2.24) is 19.7 Å². The molecule has 0 saturated carbocycles. The number of nitrogens with one attached hydrogen (secondary N) is 1. The summed E-state index contributed by atoms with van der Waals surface area (Å²) in [6.45, 7) is 6.57. The van der Waals surface area contributed by atoms with E-state index in [0.29, 0.717) is 54.7 Å². The van der Waals surface area contributed by atoms with Crippen molar-refractivity contribution >= 4 is 17.7 Å². The van der Waals surface area contributed by atoms with Gasteiger partial charge in [0.1, 0.15) is 23.1 Å². The van der Waals surface area contributed by atoms with E-state index < -0.39 is 35.1 Å². The van der Waals surface area contributed by atoms with Gasteiger partial charge in [0.15, 0.2) is 0 Å². The number of carbonyl (C=O) groups is 1. The van der Waals surface area contributed by atoms with Crippen molar-refractivity contribution in [1.29, 1.82) is 0 Å². The monoisotopic (exact) mass is 601 g/mol. The van der Waals surface area contributed by atoms with Gasteiger partial charge in [-0.25, -0.2) is 28.2 Å². The molecule has 1 aliphatic rings. The molecule has 0 atom stereocenters. The number of alkyl halides is 3. The maximum absolute atomic E-state index is 15.8. The number of rotatable bonds is 7. The first-order valence-corrected chi connectivity index (χ1v) is 13.4. The van der Waals surface area contributed by atoms with Gasteiger partial charge in [0.05, 0.1) is 29.2 Å². The maximum atomic E-state index is 15.8. The van der Waals surface area contributed by atoms with Crippen LogP contribution in [0.1, 0.15) is 36.2 Å². The molecule has 0 unspecified atom stereocenters. The molecule has 9 nitrogen and oxygen atoms in total. The minimum Gasteiger partial charge on any atom is -0.491 e. The highest BCUT2D eigenvalue weighted by Gasteiger charge is 2.33. The highest BCUT2D eigenvalue weighted by atomic mass is 19.4. The molecule has 0 aliphatic carbocycles. The van der Waals surface area contributed by atoms with Crippen LogP contribution in [0.5, 0.6) is 5.75 Å². The molecule has 0 spiro atoms. The Morgan fingerprint density at radius 3 is 2.51 bits per heavy atom. The third kappa shape index (κ3) is 6.08. The molecule has 226 valence electrons. The number of aryl methyl sites for hydroxylation is 1. The number of fused-ring (bicyclic) bond motifs is 1. The number of aromatic nitrogens is 4. The number of carbonyl (C=O) groups excluding carboxylic acids is 1. The Bertz CT molecular complexity index is 1670. The van der Waals surface area contributed by atoms with Crippen LogP contribution in [0.2, 0.25) is 0 Å². The molecule has 0 fully saturated rings. The topological polar surface area (TPSA) is 111 Å². The Morgan fingerprint density at radius 1 is 1.14 bits per heavy atom. The van der Waals surface area contributed by atoms with Crippen molar-refractivity contribution in [2.75, 3.05) is 23.4 Å². The van der Waals surface area contributed by atoms with E-state index in [1.54, 1.807) is 11.0 Å². The normalized spacial score (nSPS) is 13.3. The smallest absolute Gasteiger partial charge is 0.419 e. The summed E-state index contributed by atoms with van der Waals surface area (Å²) in [5.74, 6) is -1.08. The quantitative estimate of drug-likeness (QED) is 0.251. The zero-order chi connectivity index (χ0) is 31.1. The van der Waals surface area contributed by atoms with Gasteiger partial charge in [-0.3, -0.25) is 0 Å². The molecule has 4 aromatic rings. The van der Waals surface area contributed by atoms with Gasteiger partial charge >= 0.3 is 12.2 Å². The molecule has 2 aromatic carbocycles. The third-order valence-electron chi connectivity index (χ3n) is 6.84. The summed E-state index contributed by atoms with van der Waals surface area (Å²) in [5, 5.41) is 6.86. The fraction of sp³-hybridized carbons (Fsp3) is 0.310. The number of anilines is 2. The van der Waals surface area contributed by atoms with E-state index in [9.17, 15) is 18.0 Å². The molecule has 1 aliphatic heterocycles. The fourth-order valence-corrected chi connectivity index (χ4v) is 4.85. The predicted molar refractivity (Wildman–Crippen MR) is 149 cm³/mol. The van der Waals surface area contributed by atoms with Crippen LogP contribution in [0.3, 0.4) is 0 Å². The van der Waals surface area contributed by atoms with E-state index >= 15 is 8.78 Å². The lowest BCUT2D eigenvalue weighted by Gasteiger charge is -2.27. The largest absolute Gasteiger partial charge is 0.491 e. The van der Waals surface area contributed by atoms with Crippen LogP contribution in [0.4, 0.5) is 38.4 Å². The summed E-state index contributed by atoms with van der Waals surface area (Å²) in [5.41, 5.74) is 6.07. The molecular formula is C29H28F5N7O2. The summed E-state index contributed by atoms with van der Waals surface area (Å²) in [6.07, 6.45) is -2.87. The zero-order valence-corrected chi connectivity index (χ0v) is 23.5. The number of hydrogen-bond acceptors (Lipinski definition) is 6. The summed E-state index contributed by atoms with van der Waals surface area (Å²) in [7, 11) is 0. The highest BCUT2D eigenvalue weighted by molar-refractivity contribution is 5.88. The van der Waals surface area contributed by atoms with Crippen LogP contribution < -0.4 is 20.7 Å². The van der Waals surface area contributed by atoms with Gasteiger partial charge in [0.25, 0.3) is 0 Å². The Kier molecular flexibility index (Phi) is 7.95. The lowest BCUT2D eigenvalue weighted by Crippen LogP contribution is -2.31. The number of nitrogens with zero attached hydrogens (tertiary/aromatic N) is 5. The molecule has 5 rings (SSSR count). The van der Waals surface area contributed by atoms with Crippen LogP contribution in [-0.2, 0) is 19.1 Å². The highest BCUT2D eigenvalue weighted by Crippen LogP contribution is 2.39. The molecule has 3 heterocycles. The lowest BCUT2D eigenvalue weighted by atomic mass is 9.99. The first-order valence-electron chi connectivity index (χ1n) is 13.4. The van der Waals surface area contributed by atoms with Crippen LogP contribution >= 0.6 is 0 Å². The number of nitrogens with two attached hydrogens (primary N) is 1. The van der Waals surface area contributed by atoms with Gasteiger partial charge in [-0.1, -0.05) is 26.0 Å². The van der Waals surface area contributed by atoms with Gasteiger partial charge in [0, 0.05) is 49.1 Å². The minimum atomic E-state index is -4.60. The number of urea groups is 1. The summed E-state index contributed by atoms with van der Waals surface area (Å²) < 4.78 is 77.8. The van der Waals surface area contributed by atoms with Crippen LogP contribution in [0.15, 0.2) is 42.7 Å². The molecule has 0 radical (unpaired) electrons. The van der Waals surface area contributed by atoms with Crippen LogP contribution in [0.25, 0.3) is 16.9 Å². The molecule has 43 heavy (non-hydrogen) atoms. The number of ether oxygens (including phenoxy) is 1. The number of benzene rings is 2. The van der Waals surface area contributed by atoms with Crippen molar-refractivity contribution in [3.63, 3.8) is 0 Å². The van der Waals surface area contributed by atoms with Crippen molar-refractivity contribution < 1.29 is 31.5 Å². The Labute approximate surface area is 243 Å². The van der Waals surface area contributed by atoms with E-state index in [1.165, 1.54) is 4.68 Å². The molecule has 14 heteroatoms. The van der Waals surface area contributed by atoms with Crippen LogP contribution in [0, 0.1) is 24.5 Å². The first-order chi connectivity index (χ1) is 20.3. The molecule has 0 saturated heterocycles. The van der Waals surface area contributed by atoms with E-state index in [4.69, 9.17) is 15.6 Å². The van der Waals surface area contributed by atoms with E-state index in [-0.39, 0.29) is 29.7 Å². The van der Waals surface area contributed by atoms with Crippen molar-refractivity contribution in [2.45, 2.75) is 39.9 Å². The van der Waals surface area contributed by atoms with Gasteiger partial charge in [-0.2, -0.15) is 18.3 Å². The second-order valence-corrected chi connectivity index (χ2v) is 10.6. The molecule has 2 amide bonds. The van der Waals surface area contributed by atoms with Crippen molar-refractivity contribution in [3.05, 3.63) is 76.7 Å². The number of primary amides is 1.